The van der Waals surface area contributed by atoms with Crippen LogP contribution >= 0.6 is 0 Å². The Hall–Kier alpha value is -1.39. The summed E-state index contributed by atoms with van der Waals surface area (Å²) in [6.45, 7) is 0. The van der Waals surface area contributed by atoms with Gasteiger partial charge in [0.25, 0.3) is 0 Å². The molecule has 0 aromatic heterocycles. The van der Waals surface area contributed by atoms with Gasteiger partial charge in [-0.05, 0) is 0 Å². The molecule has 13 heavy (non-hydrogen) atoms. The van der Waals surface area contributed by atoms with Crippen LogP contribution in [0, 0.1) is 11.8 Å². The van der Waals surface area contributed by atoms with Crippen LogP contribution < -0.4 is 11.0 Å². The third-order valence-corrected chi connectivity index (χ3v) is 2.30. The summed E-state index contributed by atoms with van der Waals surface area (Å²) in [6, 6.07) is 0. The molecule has 72 valence electrons. The fourth-order valence-corrected chi connectivity index (χ4v) is 1.59. The third-order valence-electron chi connectivity index (χ3n) is 2.30. The molecule has 0 spiro atoms. The Morgan fingerprint density at radius 1 is 1.54 bits per heavy atom. The van der Waals surface area contributed by atoms with Crippen molar-refractivity contribution in [1.29, 1.82) is 0 Å². The molecule has 3 N–H and O–H groups in total. The standard InChI is InChI=1S/C8H12N2O3/c1-10-8(13)6-3-4(11)2-5(6)7(9)12/h5-6H,2-3H2,1H3,(H2,9,12)(H,10,13)/t5-,6-/m0/s1/i/hD. The number of rotatable bonds is 2. The Bertz CT molecular complexity index is 254. The highest BCUT2D eigenvalue weighted by Crippen LogP contribution is 2.28. The maximum atomic E-state index is 11.3. The quantitative estimate of drug-likeness (QED) is 0.567. The van der Waals surface area contributed by atoms with Gasteiger partial charge in [-0.1, -0.05) is 0 Å². The van der Waals surface area contributed by atoms with E-state index < -0.39 is 17.7 Å². The summed E-state index contributed by atoms with van der Waals surface area (Å²) in [6.07, 6.45) is 0.153. The minimum absolute atomic E-state index is 0.0583. The predicted octanol–water partition coefficient (Wildman–Crippen LogP) is -1.19. The first-order valence-electron chi connectivity index (χ1n) is 4.55. The van der Waals surface area contributed by atoms with Crippen LogP contribution in [0.5, 0.6) is 0 Å². The van der Waals surface area contributed by atoms with Gasteiger partial charge in [-0.25, -0.2) is 0 Å². The SMILES string of the molecule is [2H]NC(=O)[C@H]1CC(=O)C[C@@H]1C(=O)NC. The van der Waals surface area contributed by atoms with E-state index in [1.165, 1.54) is 7.05 Å². The second-order valence-corrected chi connectivity index (χ2v) is 3.14. The van der Waals surface area contributed by atoms with Gasteiger partial charge in [-0.15, -0.1) is 0 Å². The summed E-state index contributed by atoms with van der Waals surface area (Å²) >= 11 is 0. The van der Waals surface area contributed by atoms with E-state index in [4.69, 9.17) is 1.41 Å². The first-order chi connectivity index (χ1) is 6.60. The number of Topliss-reactive ketones (excluding diaryl/α,β-unsaturated/α-hetero) is 1. The van der Waals surface area contributed by atoms with Gasteiger partial charge >= 0.3 is 0 Å². The number of nitrogens with one attached hydrogen (secondary N) is 1. The number of hydrogen-bond acceptors (Lipinski definition) is 3. The average molecular weight is 185 g/mol. The van der Waals surface area contributed by atoms with E-state index in [0.717, 1.165) is 0 Å². The van der Waals surface area contributed by atoms with E-state index in [2.05, 4.69) is 5.32 Å². The van der Waals surface area contributed by atoms with Gasteiger partial charge in [0.05, 0.1) is 11.8 Å². The first kappa shape index (κ1) is 8.22. The van der Waals surface area contributed by atoms with Gasteiger partial charge in [0, 0.05) is 19.9 Å². The second kappa shape index (κ2) is 3.55. The van der Waals surface area contributed by atoms with Crippen molar-refractivity contribution < 1.29 is 15.8 Å². The number of carbonyl (C=O) groups is 3. The van der Waals surface area contributed by atoms with Crippen LogP contribution in [0.4, 0.5) is 0 Å². The highest BCUT2D eigenvalue weighted by molar-refractivity contribution is 5.97. The number of carbonyl (C=O) groups excluding carboxylic acids is 3. The van der Waals surface area contributed by atoms with Crippen LogP contribution in [0.3, 0.4) is 0 Å². The van der Waals surface area contributed by atoms with Crippen molar-refractivity contribution in [2.24, 2.45) is 17.6 Å². The summed E-state index contributed by atoms with van der Waals surface area (Å²) in [7, 11) is 1.46. The van der Waals surface area contributed by atoms with Crippen molar-refractivity contribution in [1.82, 2.24) is 5.32 Å². The van der Waals surface area contributed by atoms with Crippen molar-refractivity contribution >= 4 is 17.6 Å². The Morgan fingerprint density at radius 2 is 2.15 bits per heavy atom. The van der Waals surface area contributed by atoms with Crippen molar-refractivity contribution in [3.8, 4) is 0 Å². The van der Waals surface area contributed by atoms with Gasteiger partial charge in [-0.3, -0.25) is 14.4 Å². The van der Waals surface area contributed by atoms with Crippen molar-refractivity contribution in [3.05, 3.63) is 0 Å². The average Bonchev–Trinajstić information content (AvgIpc) is 2.58. The number of nitrogens with two attached hydrogens (primary N) is 1. The Kier molecular flexibility index (Phi) is 2.25. The lowest BCUT2D eigenvalue weighted by atomic mass is 9.95. The lowest BCUT2D eigenvalue weighted by Crippen LogP contribution is -2.35. The topological polar surface area (TPSA) is 89.3 Å². The van der Waals surface area contributed by atoms with Gasteiger partial charge in [0.1, 0.15) is 5.78 Å². The van der Waals surface area contributed by atoms with E-state index >= 15 is 0 Å². The van der Waals surface area contributed by atoms with Crippen molar-refractivity contribution in [3.63, 3.8) is 0 Å². The summed E-state index contributed by atoms with van der Waals surface area (Å²) in [4.78, 5) is 33.5. The smallest absolute Gasteiger partial charge is 0.224 e. The molecule has 0 radical (unpaired) electrons. The first-order valence-corrected chi connectivity index (χ1v) is 4.05. The van der Waals surface area contributed by atoms with Gasteiger partial charge in [0.2, 0.25) is 11.8 Å². The molecule has 1 aliphatic rings. The monoisotopic (exact) mass is 185 g/mol. The molecule has 0 aliphatic heterocycles. The third kappa shape index (κ3) is 1.85. The van der Waals surface area contributed by atoms with Crippen LogP contribution in [0.25, 0.3) is 0 Å². The molecule has 1 rings (SSSR count). The summed E-state index contributed by atoms with van der Waals surface area (Å²) in [5.41, 5.74) is 1.72. The van der Waals surface area contributed by atoms with Gasteiger partial charge < -0.3 is 11.0 Å². The van der Waals surface area contributed by atoms with E-state index in [1.807, 2.05) is 0 Å². The molecule has 2 amide bonds. The molecule has 1 fully saturated rings. The summed E-state index contributed by atoms with van der Waals surface area (Å²) < 4.78 is 6.68. The Labute approximate surface area is 77.1 Å². The van der Waals surface area contributed by atoms with Crippen molar-refractivity contribution in [2.75, 3.05) is 7.05 Å². The molecule has 1 saturated carbocycles. The maximum Gasteiger partial charge on any atom is 0.224 e. The molecule has 0 aromatic rings. The van der Waals surface area contributed by atoms with Crippen LogP contribution in [0.15, 0.2) is 0 Å². The van der Waals surface area contributed by atoms with Gasteiger partial charge in [0.15, 0.2) is 1.41 Å². The molecule has 0 heterocycles. The highest BCUT2D eigenvalue weighted by Gasteiger charge is 2.40. The van der Waals surface area contributed by atoms with Crippen LogP contribution in [0.1, 0.15) is 12.8 Å². The van der Waals surface area contributed by atoms with E-state index in [0.29, 0.717) is 0 Å². The number of ketones is 1. The molecule has 5 nitrogen and oxygen atoms in total. The van der Waals surface area contributed by atoms with Crippen LogP contribution in [0.2, 0.25) is 1.41 Å². The van der Waals surface area contributed by atoms with Crippen LogP contribution in [-0.2, 0) is 14.4 Å². The fourth-order valence-electron chi connectivity index (χ4n) is 1.59. The highest BCUT2D eigenvalue weighted by atomic mass is 16.2. The zero-order valence-electron chi connectivity index (χ0n) is 8.29. The van der Waals surface area contributed by atoms with E-state index in [-0.39, 0.29) is 24.5 Å². The van der Waals surface area contributed by atoms with E-state index in [9.17, 15) is 14.4 Å². The Morgan fingerprint density at radius 3 is 2.69 bits per heavy atom. The second-order valence-electron chi connectivity index (χ2n) is 3.14. The number of primary amides is 1. The lowest BCUT2D eigenvalue weighted by molar-refractivity contribution is -0.131. The number of hydrogen-bond donors (Lipinski definition) is 2. The minimum atomic E-state index is -0.681. The fraction of sp³-hybridized carbons (Fsp3) is 0.625. The normalized spacial score (nSPS) is 28.1. The predicted molar refractivity (Wildman–Crippen MR) is 44.5 cm³/mol. The van der Waals surface area contributed by atoms with E-state index in [1.54, 1.807) is 5.73 Å². The molecule has 5 heteroatoms. The molecule has 0 bridgehead atoms. The van der Waals surface area contributed by atoms with Crippen LogP contribution in [-0.4, -0.2) is 24.6 Å². The molecular formula is C8H12N2O3. The minimum Gasteiger partial charge on any atom is -0.369 e. The zero-order valence-corrected chi connectivity index (χ0v) is 7.29. The molecule has 0 unspecified atom stereocenters. The summed E-state index contributed by atoms with van der Waals surface area (Å²) in [5, 5.41) is 2.40. The summed E-state index contributed by atoms with van der Waals surface area (Å²) in [5.74, 6) is -2.28. The maximum absolute atomic E-state index is 11.3. The molecular weight excluding hydrogens is 172 g/mol. The van der Waals surface area contributed by atoms with Gasteiger partial charge in [-0.2, -0.15) is 0 Å². The largest absolute Gasteiger partial charge is 0.369 e. The molecule has 2 atom stereocenters. The zero-order chi connectivity index (χ0) is 10.7. The molecule has 0 aromatic carbocycles. The van der Waals surface area contributed by atoms with Crippen molar-refractivity contribution in [2.45, 2.75) is 12.8 Å². The molecule has 0 saturated heterocycles. The lowest BCUT2D eigenvalue weighted by Gasteiger charge is -2.12. The Balaban J connectivity index is 2.77. The number of amides is 2. The molecule has 1 aliphatic carbocycles.